The Morgan fingerprint density at radius 2 is 1.62 bits per heavy atom. The lowest BCUT2D eigenvalue weighted by Crippen LogP contribution is -2.51. The van der Waals surface area contributed by atoms with Crippen LogP contribution in [0.2, 0.25) is 0 Å². The fourth-order valence-corrected chi connectivity index (χ4v) is 4.33. The van der Waals surface area contributed by atoms with Gasteiger partial charge in [0.2, 0.25) is 5.95 Å². The van der Waals surface area contributed by atoms with E-state index in [1.165, 1.54) is 25.7 Å². The van der Waals surface area contributed by atoms with Gasteiger partial charge < -0.3 is 14.9 Å². The first-order valence-corrected chi connectivity index (χ1v) is 9.50. The third-order valence-electron chi connectivity index (χ3n) is 5.77. The summed E-state index contributed by atoms with van der Waals surface area (Å²) in [6, 6.07) is 2.03. The van der Waals surface area contributed by atoms with Gasteiger partial charge in [0.1, 0.15) is 5.82 Å². The SMILES string of the molecule is OC1(CN2CCN(c3nccc(N4CCCC4)n3)CC2)CCCC1. The summed E-state index contributed by atoms with van der Waals surface area (Å²) in [6.07, 6.45) is 8.70. The topological polar surface area (TPSA) is 55.7 Å². The lowest BCUT2D eigenvalue weighted by Gasteiger charge is -2.38. The van der Waals surface area contributed by atoms with Gasteiger partial charge in [-0.2, -0.15) is 4.98 Å². The molecule has 1 saturated carbocycles. The number of rotatable bonds is 4. The van der Waals surface area contributed by atoms with Crippen molar-refractivity contribution in [1.29, 1.82) is 0 Å². The number of anilines is 2. The van der Waals surface area contributed by atoms with Crippen LogP contribution >= 0.6 is 0 Å². The van der Waals surface area contributed by atoms with E-state index in [0.717, 1.165) is 70.4 Å². The third kappa shape index (κ3) is 3.49. The molecular formula is C18H29N5O. The van der Waals surface area contributed by atoms with E-state index >= 15 is 0 Å². The van der Waals surface area contributed by atoms with E-state index in [0.29, 0.717) is 0 Å². The van der Waals surface area contributed by atoms with Gasteiger partial charge in [0.05, 0.1) is 5.60 Å². The van der Waals surface area contributed by atoms with Gasteiger partial charge in [-0.05, 0) is 31.7 Å². The first-order chi connectivity index (χ1) is 11.7. The highest BCUT2D eigenvalue weighted by Crippen LogP contribution is 2.30. The minimum atomic E-state index is -0.436. The molecule has 3 heterocycles. The van der Waals surface area contributed by atoms with Gasteiger partial charge in [0.25, 0.3) is 0 Å². The molecule has 0 spiro atoms. The quantitative estimate of drug-likeness (QED) is 0.902. The minimum absolute atomic E-state index is 0.436. The van der Waals surface area contributed by atoms with Crippen LogP contribution in [0.3, 0.4) is 0 Å². The zero-order valence-corrected chi connectivity index (χ0v) is 14.5. The molecule has 0 amide bonds. The largest absolute Gasteiger partial charge is 0.389 e. The van der Waals surface area contributed by atoms with E-state index in [1.807, 2.05) is 12.3 Å². The Hall–Kier alpha value is -1.40. The van der Waals surface area contributed by atoms with Gasteiger partial charge in [-0.15, -0.1) is 0 Å². The van der Waals surface area contributed by atoms with Gasteiger partial charge in [-0.3, -0.25) is 4.90 Å². The maximum atomic E-state index is 10.6. The third-order valence-corrected chi connectivity index (χ3v) is 5.77. The molecular weight excluding hydrogens is 302 g/mol. The molecule has 1 aromatic rings. The van der Waals surface area contributed by atoms with Crippen molar-refractivity contribution in [2.75, 3.05) is 55.6 Å². The minimum Gasteiger partial charge on any atom is -0.389 e. The lowest BCUT2D eigenvalue weighted by molar-refractivity contribution is 0.00796. The van der Waals surface area contributed by atoms with Crippen LogP contribution in [0.15, 0.2) is 12.3 Å². The van der Waals surface area contributed by atoms with Gasteiger partial charge >= 0.3 is 0 Å². The summed E-state index contributed by atoms with van der Waals surface area (Å²) in [4.78, 5) is 16.3. The normalized spacial score (nSPS) is 24.7. The molecule has 6 nitrogen and oxygen atoms in total. The first-order valence-electron chi connectivity index (χ1n) is 9.50. The molecule has 6 heteroatoms. The van der Waals surface area contributed by atoms with Gasteiger partial charge in [0.15, 0.2) is 0 Å². The Morgan fingerprint density at radius 3 is 2.33 bits per heavy atom. The second-order valence-corrected chi connectivity index (χ2v) is 7.60. The Bertz CT molecular complexity index is 546. The molecule has 0 radical (unpaired) electrons. The van der Waals surface area contributed by atoms with Crippen LogP contribution in [0, 0.1) is 0 Å². The van der Waals surface area contributed by atoms with E-state index in [-0.39, 0.29) is 0 Å². The maximum Gasteiger partial charge on any atom is 0.227 e. The molecule has 2 aliphatic heterocycles. The molecule has 4 rings (SSSR count). The molecule has 1 aromatic heterocycles. The van der Waals surface area contributed by atoms with Gasteiger partial charge in [-0.25, -0.2) is 4.98 Å². The highest BCUT2D eigenvalue weighted by Gasteiger charge is 2.34. The van der Waals surface area contributed by atoms with E-state index in [4.69, 9.17) is 4.98 Å². The van der Waals surface area contributed by atoms with Crippen LogP contribution in [0.1, 0.15) is 38.5 Å². The van der Waals surface area contributed by atoms with Crippen molar-refractivity contribution in [3.05, 3.63) is 12.3 Å². The molecule has 1 N–H and O–H groups in total. The molecule has 2 saturated heterocycles. The predicted molar refractivity (Wildman–Crippen MR) is 95.5 cm³/mol. The number of β-amino-alcohol motifs (C(OH)–C–C–N with tert-alkyl or cyclic N) is 1. The highest BCUT2D eigenvalue weighted by atomic mass is 16.3. The number of nitrogens with zero attached hydrogens (tertiary/aromatic N) is 5. The fourth-order valence-electron chi connectivity index (χ4n) is 4.33. The molecule has 3 aliphatic rings. The number of hydrogen-bond donors (Lipinski definition) is 1. The van der Waals surface area contributed by atoms with E-state index in [9.17, 15) is 5.11 Å². The zero-order chi connectivity index (χ0) is 16.4. The lowest BCUT2D eigenvalue weighted by atomic mass is 10.0. The van der Waals surface area contributed by atoms with E-state index in [1.54, 1.807) is 0 Å². The number of piperazine rings is 1. The number of aliphatic hydroxyl groups is 1. The summed E-state index contributed by atoms with van der Waals surface area (Å²) in [6.45, 7) is 6.92. The molecule has 3 fully saturated rings. The van der Waals surface area contributed by atoms with Crippen molar-refractivity contribution < 1.29 is 5.11 Å². The van der Waals surface area contributed by atoms with Crippen molar-refractivity contribution in [2.45, 2.75) is 44.1 Å². The molecule has 132 valence electrons. The summed E-state index contributed by atoms with van der Waals surface area (Å²) in [5, 5.41) is 10.6. The zero-order valence-electron chi connectivity index (χ0n) is 14.5. The monoisotopic (exact) mass is 331 g/mol. The van der Waals surface area contributed by atoms with Gasteiger partial charge in [-0.1, -0.05) is 12.8 Å². The summed E-state index contributed by atoms with van der Waals surface area (Å²) in [7, 11) is 0. The average Bonchev–Trinajstić information content (AvgIpc) is 3.28. The van der Waals surface area contributed by atoms with E-state index in [2.05, 4.69) is 19.7 Å². The molecule has 0 aromatic carbocycles. The average molecular weight is 331 g/mol. The summed E-state index contributed by atoms with van der Waals surface area (Å²) >= 11 is 0. The van der Waals surface area contributed by atoms with Crippen LogP contribution in [0.25, 0.3) is 0 Å². The standard InChI is InChI=1S/C18H29N5O/c24-18(6-1-2-7-18)15-21-11-13-23(14-12-21)17-19-8-5-16(20-17)22-9-3-4-10-22/h5,8,24H,1-4,6-7,9-15H2. The van der Waals surface area contributed by atoms with Crippen LogP contribution < -0.4 is 9.80 Å². The summed E-state index contributed by atoms with van der Waals surface area (Å²) in [5.74, 6) is 1.93. The molecule has 0 unspecified atom stereocenters. The molecule has 24 heavy (non-hydrogen) atoms. The van der Waals surface area contributed by atoms with Gasteiger partial charge in [0, 0.05) is 52.0 Å². The maximum absolute atomic E-state index is 10.6. The fraction of sp³-hybridized carbons (Fsp3) is 0.778. The predicted octanol–water partition coefficient (Wildman–Crippen LogP) is 1.50. The van der Waals surface area contributed by atoms with Crippen LogP contribution in [0.4, 0.5) is 11.8 Å². The Labute approximate surface area is 144 Å². The van der Waals surface area contributed by atoms with Crippen LogP contribution in [-0.4, -0.2) is 71.4 Å². The van der Waals surface area contributed by atoms with E-state index < -0.39 is 5.60 Å². The second kappa shape index (κ2) is 6.84. The summed E-state index contributed by atoms with van der Waals surface area (Å²) < 4.78 is 0. The number of aromatic nitrogens is 2. The smallest absolute Gasteiger partial charge is 0.227 e. The van der Waals surface area contributed by atoms with Crippen molar-refractivity contribution in [3.8, 4) is 0 Å². The molecule has 0 atom stereocenters. The Kier molecular flexibility index (Phi) is 4.59. The molecule has 0 bridgehead atoms. The van der Waals surface area contributed by atoms with Crippen molar-refractivity contribution >= 4 is 11.8 Å². The Morgan fingerprint density at radius 1 is 0.917 bits per heavy atom. The van der Waals surface area contributed by atoms with Crippen LogP contribution in [-0.2, 0) is 0 Å². The molecule has 1 aliphatic carbocycles. The second-order valence-electron chi connectivity index (χ2n) is 7.60. The number of hydrogen-bond acceptors (Lipinski definition) is 6. The first kappa shape index (κ1) is 16.1. The summed E-state index contributed by atoms with van der Waals surface area (Å²) in [5.41, 5.74) is -0.436. The van der Waals surface area contributed by atoms with Crippen molar-refractivity contribution in [2.24, 2.45) is 0 Å². The van der Waals surface area contributed by atoms with Crippen LogP contribution in [0.5, 0.6) is 0 Å². The van der Waals surface area contributed by atoms with Crippen molar-refractivity contribution in [1.82, 2.24) is 14.9 Å². The van der Waals surface area contributed by atoms with Crippen molar-refractivity contribution in [3.63, 3.8) is 0 Å². The Balaban J connectivity index is 1.34. The highest BCUT2D eigenvalue weighted by molar-refractivity contribution is 5.44.